The molecule has 2 aromatic heterocycles. The van der Waals surface area contributed by atoms with E-state index < -0.39 is 5.91 Å². The third-order valence-corrected chi connectivity index (χ3v) is 3.94. The van der Waals surface area contributed by atoms with E-state index in [0.717, 1.165) is 14.8 Å². The fourth-order valence-electron chi connectivity index (χ4n) is 1.23. The molecule has 0 fully saturated rings. The molecule has 1 amide bonds. The molecule has 0 saturated carbocycles. The second kappa shape index (κ2) is 5.93. The van der Waals surface area contributed by atoms with E-state index in [0.29, 0.717) is 5.13 Å². The van der Waals surface area contributed by atoms with Crippen LogP contribution in [0.1, 0.15) is 17.4 Å². The predicted molar refractivity (Wildman–Crippen MR) is 73.7 cm³/mol. The lowest BCUT2D eigenvalue weighted by Crippen LogP contribution is -2.23. The van der Waals surface area contributed by atoms with E-state index in [2.05, 4.69) is 20.6 Å². The minimum absolute atomic E-state index is 0.155. The third-order valence-electron chi connectivity index (χ3n) is 2.09. The van der Waals surface area contributed by atoms with Gasteiger partial charge in [-0.25, -0.2) is 4.68 Å². The number of aryl methyl sites for hydroxylation is 1. The smallest absolute Gasteiger partial charge is 0.277 e. The number of hydrogen-bond acceptors (Lipinski definition) is 7. The molecule has 0 atom stereocenters. The summed E-state index contributed by atoms with van der Waals surface area (Å²) >= 11 is 2.86. The molecule has 0 aliphatic rings. The molecular formula is C10H11N5O2S2. The summed E-state index contributed by atoms with van der Waals surface area (Å²) in [5.41, 5.74) is -0.115. The van der Waals surface area contributed by atoms with Crippen molar-refractivity contribution in [3.8, 4) is 0 Å². The van der Waals surface area contributed by atoms with Crippen LogP contribution in [-0.4, -0.2) is 31.6 Å². The summed E-state index contributed by atoms with van der Waals surface area (Å²) in [7, 11) is 1.49. The first-order chi connectivity index (χ1) is 9.10. The van der Waals surface area contributed by atoms with Crippen molar-refractivity contribution in [1.29, 1.82) is 0 Å². The van der Waals surface area contributed by atoms with Crippen LogP contribution in [0.3, 0.4) is 0 Å². The topological polar surface area (TPSA) is 89.8 Å². The van der Waals surface area contributed by atoms with Crippen LogP contribution in [0.2, 0.25) is 0 Å². The van der Waals surface area contributed by atoms with Crippen LogP contribution >= 0.6 is 23.1 Å². The molecule has 100 valence electrons. The third kappa shape index (κ3) is 3.38. The van der Waals surface area contributed by atoms with Crippen molar-refractivity contribution in [2.45, 2.75) is 11.3 Å². The van der Waals surface area contributed by atoms with Gasteiger partial charge in [0.05, 0.1) is 0 Å². The first-order valence-corrected chi connectivity index (χ1v) is 7.22. The number of anilines is 1. The van der Waals surface area contributed by atoms with Crippen LogP contribution in [0.25, 0.3) is 0 Å². The maximum absolute atomic E-state index is 11.9. The second-order valence-corrected chi connectivity index (χ2v) is 5.93. The van der Waals surface area contributed by atoms with Crippen LogP contribution < -0.4 is 10.9 Å². The molecule has 0 unspecified atom stereocenters. The summed E-state index contributed by atoms with van der Waals surface area (Å²) in [6.07, 6.45) is 0. The molecule has 0 aliphatic heterocycles. The summed E-state index contributed by atoms with van der Waals surface area (Å²) in [4.78, 5) is 23.1. The maximum Gasteiger partial charge on any atom is 0.277 e. The lowest BCUT2D eigenvalue weighted by Gasteiger charge is -2.01. The van der Waals surface area contributed by atoms with E-state index in [1.807, 2.05) is 6.92 Å². The lowest BCUT2D eigenvalue weighted by molar-refractivity contribution is 0.102. The zero-order valence-electron chi connectivity index (χ0n) is 10.3. The van der Waals surface area contributed by atoms with E-state index in [-0.39, 0.29) is 11.3 Å². The molecule has 7 nitrogen and oxygen atoms in total. The molecule has 0 radical (unpaired) electrons. The molecule has 2 heterocycles. The zero-order chi connectivity index (χ0) is 13.8. The standard InChI is InChI=1S/C10H11N5O2S2/c1-3-18-10-13-12-9(19-10)11-8(17)6-4-5-7(16)15(2)14-6/h4-5H,3H2,1-2H3,(H,11,12,17). The molecule has 0 bridgehead atoms. The summed E-state index contributed by atoms with van der Waals surface area (Å²) < 4.78 is 1.90. The van der Waals surface area contributed by atoms with E-state index in [1.54, 1.807) is 11.8 Å². The molecule has 9 heteroatoms. The Labute approximate surface area is 117 Å². The Bertz CT molecular complexity index is 651. The van der Waals surface area contributed by atoms with Crippen LogP contribution in [0.4, 0.5) is 5.13 Å². The summed E-state index contributed by atoms with van der Waals surface area (Å²) in [5, 5.41) is 14.7. The van der Waals surface area contributed by atoms with Gasteiger partial charge in [-0.1, -0.05) is 30.0 Å². The maximum atomic E-state index is 11.9. The van der Waals surface area contributed by atoms with Gasteiger partial charge in [0.2, 0.25) is 5.13 Å². The number of nitrogens with one attached hydrogen (secondary N) is 1. The number of nitrogens with zero attached hydrogens (tertiary/aromatic N) is 4. The molecule has 2 rings (SSSR count). The van der Waals surface area contributed by atoms with Crippen LogP contribution in [0.15, 0.2) is 21.3 Å². The number of thioether (sulfide) groups is 1. The monoisotopic (exact) mass is 297 g/mol. The molecular weight excluding hydrogens is 286 g/mol. The number of rotatable bonds is 4. The molecule has 2 aromatic rings. The molecule has 19 heavy (non-hydrogen) atoms. The highest BCUT2D eigenvalue weighted by Crippen LogP contribution is 2.25. The van der Waals surface area contributed by atoms with Gasteiger partial charge in [0.25, 0.3) is 11.5 Å². The van der Waals surface area contributed by atoms with Gasteiger partial charge in [-0.15, -0.1) is 10.2 Å². The van der Waals surface area contributed by atoms with Gasteiger partial charge >= 0.3 is 0 Å². The largest absolute Gasteiger partial charge is 0.295 e. The van der Waals surface area contributed by atoms with E-state index in [9.17, 15) is 9.59 Å². The van der Waals surface area contributed by atoms with Gasteiger partial charge in [0.1, 0.15) is 5.69 Å². The van der Waals surface area contributed by atoms with Crippen molar-refractivity contribution in [1.82, 2.24) is 20.0 Å². The van der Waals surface area contributed by atoms with Crippen LogP contribution in [0.5, 0.6) is 0 Å². The van der Waals surface area contributed by atoms with Gasteiger partial charge in [-0.3, -0.25) is 14.9 Å². The normalized spacial score (nSPS) is 10.4. The Kier molecular flexibility index (Phi) is 4.27. The number of carbonyl (C=O) groups excluding carboxylic acids is 1. The van der Waals surface area contributed by atoms with E-state index in [1.165, 1.54) is 30.5 Å². The average Bonchev–Trinajstić information content (AvgIpc) is 2.80. The van der Waals surface area contributed by atoms with Crippen molar-refractivity contribution in [3.05, 3.63) is 28.2 Å². The average molecular weight is 297 g/mol. The Hall–Kier alpha value is -1.74. The quantitative estimate of drug-likeness (QED) is 0.669. The Morgan fingerprint density at radius 2 is 2.26 bits per heavy atom. The van der Waals surface area contributed by atoms with E-state index >= 15 is 0 Å². The highest BCUT2D eigenvalue weighted by molar-refractivity contribution is 8.01. The first-order valence-electron chi connectivity index (χ1n) is 5.42. The van der Waals surface area contributed by atoms with Crippen LogP contribution in [0, 0.1) is 0 Å². The highest BCUT2D eigenvalue weighted by Gasteiger charge is 2.12. The van der Waals surface area contributed by atoms with Crippen molar-refractivity contribution in [2.24, 2.45) is 7.05 Å². The lowest BCUT2D eigenvalue weighted by atomic mass is 10.4. The van der Waals surface area contributed by atoms with Gasteiger partial charge in [0, 0.05) is 13.1 Å². The van der Waals surface area contributed by atoms with Crippen molar-refractivity contribution in [3.63, 3.8) is 0 Å². The molecule has 1 N–H and O–H groups in total. The molecule has 0 spiro atoms. The Morgan fingerprint density at radius 3 is 2.95 bits per heavy atom. The van der Waals surface area contributed by atoms with Gasteiger partial charge in [0.15, 0.2) is 4.34 Å². The number of carbonyl (C=O) groups is 1. The summed E-state index contributed by atoms with van der Waals surface area (Å²) in [5.74, 6) is 0.477. The minimum atomic E-state index is -0.417. The van der Waals surface area contributed by atoms with Crippen molar-refractivity contribution in [2.75, 3.05) is 11.1 Å². The highest BCUT2D eigenvalue weighted by atomic mass is 32.2. The number of aromatic nitrogens is 4. The van der Waals surface area contributed by atoms with Crippen molar-refractivity contribution >= 4 is 34.1 Å². The van der Waals surface area contributed by atoms with Crippen LogP contribution in [-0.2, 0) is 7.05 Å². The fraction of sp³-hybridized carbons (Fsp3) is 0.300. The predicted octanol–water partition coefficient (Wildman–Crippen LogP) is 0.996. The molecule has 0 aliphatic carbocycles. The van der Waals surface area contributed by atoms with Gasteiger partial charge in [-0.2, -0.15) is 5.10 Å². The number of amides is 1. The minimum Gasteiger partial charge on any atom is -0.295 e. The SMILES string of the molecule is CCSc1nnc(NC(=O)c2ccc(=O)n(C)n2)s1. The fourth-order valence-corrected chi connectivity index (χ4v) is 2.87. The molecule has 0 aromatic carbocycles. The van der Waals surface area contributed by atoms with Gasteiger partial charge < -0.3 is 0 Å². The van der Waals surface area contributed by atoms with Crippen molar-refractivity contribution < 1.29 is 4.79 Å². The first kappa shape index (κ1) is 13.7. The molecule has 0 saturated heterocycles. The summed E-state index contributed by atoms with van der Waals surface area (Å²) in [6.45, 7) is 2.01. The Morgan fingerprint density at radius 1 is 1.47 bits per heavy atom. The second-order valence-electron chi connectivity index (χ2n) is 3.44. The Balaban J connectivity index is 2.11. The zero-order valence-corrected chi connectivity index (χ0v) is 11.9. The summed E-state index contributed by atoms with van der Waals surface area (Å²) in [6, 6.07) is 2.67. The number of hydrogen-bond donors (Lipinski definition) is 1. The van der Waals surface area contributed by atoms with E-state index in [4.69, 9.17) is 0 Å². The van der Waals surface area contributed by atoms with Gasteiger partial charge in [-0.05, 0) is 11.8 Å².